The third kappa shape index (κ3) is 3.38. The minimum absolute atomic E-state index is 0.194. The highest BCUT2D eigenvalue weighted by Gasteiger charge is 2.13. The number of nitrogens with one attached hydrogen (secondary N) is 1. The van der Waals surface area contributed by atoms with Crippen molar-refractivity contribution in [1.29, 1.82) is 0 Å². The van der Waals surface area contributed by atoms with Gasteiger partial charge in [-0.1, -0.05) is 23.6 Å². The van der Waals surface area contributed by atoms with E-state index in [9.17, 15) is 4.39 Å². The topological polar surface area (TPSA) is 12.0 Å². The Bertz CT molecular complexity index is 388. The molecule has 1 rings (SSSR count). The van der Waals surface area contributed by atoms with Crippen LogP contribution < -0.4 is 5.32 Å². The standard InChI is InChI=1S/C13H16FN/c1-5-13(3,4)15-9-11-8-10(2)6-7-12(11)14/h1,6-8,15H,9H2,2-4H3. The maximum atomic E-state index is 13.4. The maximum Gasteiger partial charge on any atom is 0.127 e. The molecule has 0 spiro atoms. The first kappa shape index (κ1) is 11.7. The van der Waals surface area contributed by atoms with Gasteiger partial charge in [-0.2, -0.15) is 0 Å². The van der Waals surface area contributed by atoms with Gasteiger partial charge in [0.2, 0.25) is 0 Å². The fourth-order valence-electron chi connectivity index (χ4n) is 1.21. The van der Waals surface area contributed by atoms with E-state index in [2.05, 4.69) is 11.2 Å². The molecule has 0 saturated heterocycles. The molecule has 1 nitrogen and oxygen atoms in total. The van der Waals surface area contributed by atoms with Gasteiger partial charge in [0.05, 0.1) is 5.54 Å². The molecule has 0 unspecified atom stereocenters. The number of terminal acetylenes is 1. The summed E-state index contributed by atoms with van der Waals surface area (Å²) >= 11 is 0. The van der Waals surface area contributed by atoms with E-state index in [1.165, 1.54) is 6.07 Å². The lowest BCUT2D eigenvalue weighted by molar-refractivity contribution is 0.479. The largest absolute Gasteiger partial charge is 0.297 e. The molecule has 15 heavy (non-hydrogen) atoms. The molecule has 1 aromatic carbocycles. The first-order valence-electron chi connectivity index (χ1n) is 4.92. The molecule has 0 aliphatic rings. The number of aryl methyl sites for hydroxylation is 1. The van der Waals surface area contributed by atoms with E-state index >= 15 is 0 Å². The molecule has 1 aromatic rings. The molecule has 0 bridgehead atoms. The number of rotatable bonds is 3. The van der Waals surface area contributed by atoms with Crippen LogP contribution in [-0.2, 0) is 6.54 Å². The molecule has 0 aliphatic carbocycles. The minimum Gasteiger partial charge on any atom is -0.297 e. The van der Waals surface area contributed by atoms with E-state index in [0.717, 1.165) is 5.56 Å². The quantitative estimate of drug-likeness (QED) is 0.748. The van der Waals surface area contributed by atoms with Crippen LogP contribution in [-0.4, -0.2) is 5.54 Å². The van der Waals surface area contributed by atoms with Crippen molar-refractivity contribution in [2.75, 3.05) is 0 Å². The summed E-state index contributed by atoms with van der Waals surface area (Å²) in [5.41, 5.74) is 1.29. The second-order valence-electron chi connectivity index (χ2n) is 4.22. The summed E-state index contributed by atoms with van der Waals surface area (Å²) in [6.07, 6.45) is 5.33. The van der Waals surface area contributed by atoms with E-state index < -0.39 is 5.54 Å². The predicted octanol–water partition coefficient (Wildman–Crippen LogP) is 2.64. The molecule has 0 heterocycles. The molecule has 0 aliphatic heterocycles. The van der Waals surface area contributed by atoms with Crippen molar-refractivity contribution in [2.24, 2.45) is 0 Å². The monoisotopic (exact) mass is 205 g/mol. The summed E-state index contributed by atoms with van der Waals surface area (Å²) in [7, 11) is 0. The highest BCUT2D eigenvalue weighted by molar-refractivity contribution is 5.24. The van der Waals surface area contributed by atoms with Crippen LogP contribution in [0.1, 0.15) is 25.0 Å². The molecular formula is C13H16FN. The maximum absolute atomic E-state index is 13.4. The Morgan fingerprint density at radius 1 is 1.47 bits per heavy atom. The van der Waals surface area contributed by atoms with Gasteiger partial charge in [-0.15, -0.1) is 6.42 Å². The molecule has 0 amide bonds. The molecular weight excluding hydrogens is 189 g/mol. The Morgan fingerprint density at radius 2 is 2.13 bits per heavy atom. The van der Waals surface area contributed by atoms with Crippen LogP contribution in [0.2, 0.25) is 0 Å². The van der Waals surface area contributed by atoms with Crippen molar-refractivity contribution < 1.29 is 4.39 Å². The van der Waals surface area contributed by atoms with E-state index in [1.807, 2.05) is 26.8 Å². The Morgan fingerprint density at radius 3 is 2.73 bits per heavy atom. The number of halogens is 1. The van der Waals surface area contributed by atoms with Gasteiger partial charge in [-0.3, -0.25) is 5.32 Å². The Hall–Kier alpha value is -1.33. The fourth-order valence-corrected chi connectivity index (χ4v) is 1.21. The number of hydrogen-bond donors (Lipinski definition) is 1. The fraction of sp³-hybridized carbons (Fsp3) is 0.385. The smallest absolute Gasteiger partial charge is 0.127 e. The zero-order valence-electron chi connectivity index (χ0n) is 9.39. The van der Waals surface area contributed by atoms with Gasteiger partial charge in [0.15, 0.2) is 0 Å². The molecule has 1 N–H and O–H groups in total. The average Bonchev–Trinajstić information content (AvgIpc) is 2.20. The molecule has 0 aromatic heterocycles. The third-order valence-corrected chi connectivity index (χ3v) is 2.28. The molecule has 2 heteroatoms. The molecule has 0 fully saturated rings. The lowest BCUT2D eigenvalue weighted by atomic mass is 10.1. The van der Waals surface area contributed by atoms with Crippen molar-refractivity contribution in [2.45, 2.75) is 32.9 Å². The SMILES string of the molecule is C#CC(C)(C)NCc1cc(C)ccc1F. The van der Waals surface area contributed by atoms with E-state index in [4.69, 9.17) is 6.42 Å². The van der Waals surface area contributed by atoms with Crippen molar-refractivity contribution >= 4 is 0 Å². The molecule has 80 valence electrons. The lowest BCUT2D eigenvalue weighted by Gasteiger charge is -2.19. The summed E-state index contributed by atoms with van der Waals surface area (Å²) in [6.45, 7) is 6.17. The lowest BCUT2D eigenvalue weighted by Crippen LogP contribution is -2.37. The summed E-state index contributed by atoms with van der Waals surface area (Å²) in [5, 5.41) is 3.12. The van der Waals surface area contributed by atoms with Gasteiger partial charge in [-0.25, -0.2) is 4.39 Å². The number of benzene rings is 1. The predicted molar refractivity (Wildman–Crippen MR) is 60.9 cm³/mol. The minimum atomic E-state index is -0.407. The van der Waals surface area contributed by atoms with Crippen LogP contribution in [0.5, 0.6) is 0 Å². The van der Waals surface area contributed by atoms with Crippen molar-refractivity contribution in [3.63, 3.8) is 0 Å². The van der Waals surface area contributed by atoms with Crippen LogP contribution in [0.3, 0.4) is 0 Å². The third-order valence-electron chi connectivity index (χ3n) is 2.28. The highest BCUT2D eigenvalue weighted by Crippen LogP contribution is 2.11. The summed E-state index contributed by atoms with van der Waals surface area (Å²) in [6, 6.07) is 5.06. The van der Waals surface area contributed by atoms with Crippen molar-refractivity contribution in [1.82, 2.24) is 5.32 Å². The van der Waals surface area contributed by atoms with Gasteiger partial charge in [0, 0.05) is 12.1 Å². The second kappa shape index (κ2) is 4.46. The van der Waals surface area contributed by atoms with Crippen molar-refractivity contribution in [3.05, 3.63) is 35.1 Å². The Labute approximate surface area is 90.7 Å². The van der Waals surface area contributed by atoms with Crippen LogP contribution in [0, 0.1) is 25.1 Å². The zero-order chi connectivity index (χ0) is 11.5. The summed E-state index contributed by atoms with van der Waals surface area (Å²) < 4.78 is 13.4. The van der Waals surface area contributed by atoms with Crippen LogP contribution in [0.4, 0.5) is 4.39 Å². The molecule has 0 atom stereocenters. The summed E-state index contributed by atoms with van der Waals surface area (Å²) in [4.78, 5) is 0. The normalized spacial score (nSPS) is 11.1. The van der Waals surface area contributed by atoms with Crippen LogP contribution >= 0.6 is 0 Å². The average molecular weight is 205 g/mol. The Balaban J connectivity index is 2.74. The van der Waals surface area contributed by atoms with E-state index in [-0.39, 0.29) is 5.82 Å². The first-order valence-corrected chi connectivity index (χ1v) is 4.92. The van der Waals surface area contributed by atoms with E-state index in [0.29, 0.717) is 12.1 Å². The highest BCUT2D eigenvalue weighted by atomic mass is 19.1. The summed E-state index contributed by atoms with van der Waals surface area (Å²) in [5.74, 6) is 2.42. The Kier molecular flexibility index (Phi) is 3.49. The van der Waals surface area contributed by atoms with Gasteiger partial charge in [-0.05, 0) is 26.8 Å². The van der Waals surface area contributed by atoms with E-state index in [1.54, 1.807) is 6.07 Å². The van der Waals surface area contributed by atoms with Gasteiger partial charge >= 0.3 is 0 Å². The zero-order valence-corrected chi connectivity index (χ0v) is 9.39. The van der Waals surface area contributed by atoms with Gasteiger partial charge in [0.1, 0.15) is 5.82 Å². The number of hydrogen-bond acceptors (Lipinski definition) is 1. The first-order chi connectivity index (χ1) is 6.94. The molecule has 0 radical (unpaired) electrons. The van der Waals surface area contributed by atoms with Crippen LogP contribution in [0.15, 0.2) is 18.2 Å². The second-order valence-corrected chi connectivity index (χ2v) is 4.22. The van der Waals surface area contributed by atoms with Crippen molar-refractivity contribution in [3.8, 4) is 12.3 Å². The van der Waals surface area contributed by atoms with Gasteiger partial charge < -0.3 is 0 Å². The van der Waals surface area contributed by atoms with Crippen LogP contribution in [0.25, 0.3) is 0 Å². The van der Waals surface area contributed by atoms with Gasteiger partial charge in [0.25, 0.3) is 0 Å². The molecule has 0 saturated carbocycles.